The number of halogens is 3. The van der Waals surface area contributed by atoms with Gasteiger partial charge < -0.3 is 10.3 Å². The Morgan fingerprint density at radius 2 is 2.00 bits per heavy atom. The van der Waals surface area contributed by atoms with Gasteiger partial charge in [-0.15, -0.1) is 31.4 Å². The third-order valence-electron chi connectivity index (χ3n) is 4.27. The first-order valence-corrected chi connectivity index (χ1v) is 8.41. The number of nitrogens with one attached hydrogen (secondary N) is 2. The van der Waals surface area contributed by atoms with E-state index in [1.165, 1.54) is 16.5 Å². The average molecular weight is 421 g/mol. The second-order valence-corrected chi connectivity index (χ2v) is 6.52. The number of aromatic nitrogens is 1. The maximum atomic E-state index is 3.89. The topological polar surface area (TPSA) is 31.1 Å². The predicted molar refractivity (Wildman–Crippen MR) is 107 cm³/mol. The summed E-state index contributed by atoms with van der Waals surface area (Å²) in [4.78, 5) is 6.02. The van der Waals surface area contributed by atoms with Crippen LogP contribution in [0.1, 0.15) is 24.4 Å². The summed E-state index contributed by atoms with van der Waals surface area (Å²) in [7, 11) is 0. The number of benzene rings is 1. The first kappa shape index (κ1) is 20.5. The fraction of sp³-hybridized carbons (Fsp3) is 0.412. The van der Waals surface area contributed by atoms with E-state index in [9.17, 15) is 0 Å². The number of aromatic amines is 1. The summed E-state index contributed by atoms with van der Waals surface area (Å²) >= 11 is 3.60. The van der Waals surface area contributed by atoms with E-state index in [2.05, 4.69) is 62.1 Å². The number of piperazine rings is 1. The monoisotopic (exact) mass is 419 g/mol. The molecule has 2 N–H and O–H groups in total. The largest absolute Gasteiger partial charge is 0.361 e. The lowest BCUT2D eigenvalue weighted by atomic mass is 9.99. The third kappa shape index (κ3) is 4.74. The Balaban J connectivity index is 0.00000132. The highest BCUT2D eigenvalue weighted by atomic mass is 79.9. The predicted octanol–water partition coefficient (Wildman–Crippen LogP) is 4.69. The van der Waals surface area contributed by atoms with E-state index in [-0.39, 0.29) is 24.8 Å². The number of hydrogen-bond acceptors (Lipinski definition) is 2. The van der Waals surface area contributed by atoms with Gasteiger partial charge in [-0.25, -0.2) is 0 Å². The van der Waals surface area contributed by atoms with Crippen molar-refractivity contribution in [1.82, 2.24) is 15.2 Å². The van der Waals surface area contributed by atoms with Gasteiger partial charge in [-0.1, -0.05) is 22.0 Å². The van der Waals surface area contributed by atoms with E-state index in [1.54, 1.807) is 0 Å². The summed E-state index contributed by atoms with van der Waals surface area (Å²) in [6.07, 6.45) is 6.39. The zero-order valence-electron chi connectivity index (χ0n) is 13.1. The molecule has 2 aromatic rings. The van der Waals surface area contributed by atoms with Gasteiger partial charge in [0.05, 0.1) is 0 Å². The molecule has 1 aromatic heterocycles. The first-order chi connectivity index (χ1) is 10.3. The molecule has 0 unspecified atom stereocenters. The minimum atomic E-state index is 0. The molecule has 0 aliphatic carbocycles. The summed E-state index contributed by atoms with van der Waals surface area (Å²) in [6, 6.07) is 6.93. The van der Waals surface area contributed by atoms with Gasteiger partial charge in [0.1, 0.15) is 0 Å². The SMILES string of the molecule is C=CCC[C@@H](c1c[nH]c2ccc(Br)cc12)N1CCNCC1.Cl.Cl. The quantitative estimate of drug-likeness (QED) is 0.687. The van der Waals surface area contributed by atoms with Crippen LogP contribution in [-0.2, 0) is 0 Å². The van der Waals surface area contributed by atoms with E-state index in [4.69, 9.17) is 0 Å². The lowest BCUT2D eigenvalue weighted by Gasteiger charge is -2.35. The summed E-state index contributed by atoms with van der Waals surface area (Å²) in [5.74, 6) is 0. The molecular formula is C17H24BrCl2N3. The molecule has 1 aromatic carbocycles. The van der Waals surface area contributed by atoms with Crippen molar-refractivity contribution >= 4 is 51.6 Å². The smallest absolute Gasteiger partial charge is 0.0458 e. The molecule has 1 aliphatic rings. The molecule has 0 radical (unpaired) electrons. The van der Waals surface area contributed by atoms with Crippen molar-refractivity contribution in [3.8, 4) is 0 Å². The van der Waals surface area contributed by atoms with Crippen LogP contribution in [0.3, 0.4) is 0 Å². The summed E-state index contributed by atoms with van der Waals surface area (Å²) in [6.45, 7) is 8.28. The Morgan fingerprint density at radius 1 is 1.26 bits per heavy atom. The van der Waals surface area contributed by atoms with Crippen molar-refractivity contribution in [2.24, 2.45) is 0 Å². The average Bonchev–Trinajstić information content (AvgIpc) is 2.92. The zero-order chi connectivity index (χ0) is 14.7. The third-order valence-corrected chi connectivity index (χ3v) is 4.76. The Bertz CT molecular complexity index is 623. The lowest BCUT2D eigenvalue weighted by Crippen LogP contribution is -2.45. The number of rotatable bonds is 5. The van der Waals surface area contributed by atoms with E-state index in [0.717, 1.165) is 43.5 Å². The van der Waals surface area contributed by atoms with Crippen LogP contribution in [0.25, 0.3) is 10.9 Å². The molecule has 6 heteroatoms. The van der Waals surface area contributed by atoms with Crippen LogP contribution >= 0.6 is 40.7 Å². The van der Waals surface area contributed by atoms with Gasteiger partial charge in [-0.3, -0.25) is 4.90 Å². The molecule has 23 heavy (non-hydrogen) atoms. The van der Waals surface area contributed by atoms with Crippen molar-refractivity contribution in [2.45, 2.75) is 18.9 Å². The first-order valence-electron chi connectivity index (χ1n) is 7.62. The van der Waals surface area contributed by atoms with Crippen molar-refractivity contribution in [1.29, 1.82) is 0 Å². The van der Waals surface area contributed by atoms with E-state index in [0.29, 0.717) is 6.04 Å². The highest BCUT2D eigenvalue weighted by Crippen LogP contribution is 2.33. The van der Waals surface area contributed by atoms with Gasteiger partial charge in [-0.2, -0.15) is 0 Å². The molecule has 1 saturated heterocycles. The number of nitrogens with zero attached hydrogens (tertiary/aromatic N) is 1. The van der Waals surface area contributed by atoms with Gasteiger partial charge in [0, 0.05) is 53.8 Å². The van der Waals surface area contributed by atoms with Crippen LogP contribution < -0.4 is 5.32 Å². The zero-order valence-corrected chi connectivity index (χ0v) is 16.3. The van der Waals surface area contributed by atoms with Crippen molar-refractivity contribution in [2.75, 3.05) is 26.2 Å². The van der Waals surface area contributed by atoms with Crippen LogP contribution in [0.4, 0.5) is 0 Å². The van der Waals surface area contributed by atoms with E-state index in [1.807, 2.05) is 6.08 Å². The summed E-state index contributed by atoms with van der Waals surface area (Å²) in [5.41, 5.74) is 2.63. The fourth-order valence-corrected chi connectivity index (χ4v) is 3.56. The second-order valence-electron chi connectivity index (χ2n) is 5.60. The molecule has 128 valence electrons. The Morgan fingerprint density at radius 3 is 2.70 bits per heavy atom. The van der Waals surface area contributed by atoms with Crippen molar-refractivity contribution in [3.63, 3.8) is 0 Å². The van der Waals surface area contributed by atoms with Crippen molar-refractivity contribution in [3.05, 3.63) is 47.1 Å². The Labute approximate surface area is 158 Å². The maximum absolute atomic E-state index is 3.89. The molecule has 2 heterocycles. The Kier molecular flexibility index (Phi) is 8.65. The van der Waals surface area contributed by atoms with Gasteiger partial charge >= 0.3 is 0 Å². The molecule has 0 spiro atoms. The minimum Gasteiger partial charge on any atom is -0.361 e. The Hall–Kier alpha value is -0.520. The van der Waals surface area contributed by atoms with Crippen LogP contribution in [0.15, 0.2) is 41.5 Å². The standard InChI is InChI=1S/C17H22BrN3.2ClH/c1-2-3-4-17(21-9-7-19-8-10-21)15-12-20-16-6-5-13(18)11-14(15)16;;/h2,5-6,11-12,17,19-20H,1,3-4,7-10H2;2*1H/t17-;;/m0../s1. The molecule has 1 aliphatic heterocycles. The number of hydrogen-bond donors (Lipinski definition) is 2. The lowest BCUT2D eigenvalue weighted by molar-refractivity contribution is 0.167. The van der Waals surface area contributed by atoms with E-state index >= 15 is 0 Å². The van der Waals surface area contributed by atoms with Crippen LogP contribution in [0, 0.1) is 0 Å². The van der Waals surface area contributed by atoms with Gasteiger partial charge in [0.15, 0.2) is 0 Å². The molecule has 0 bridgehead atoms. The molecular weight excluding hydrogens is 397 g/mol. The van der Waals surface area contributed by atoms with Gasteiger partial charge in [0.25, 0.3) is 0 Å². The number of H-pyrrole nitrogens is 1. The van der Waals surface area contributed by atoms with Gasteiger partial charge in [-0.05, 0) is 36.6 Å². The molecule has 3 rings (SSSR count). The number of allylic oxidation sites excluding steroid dienone is 1. The second kappa shape index (κ2) is 9.70. The maximum Gasteiger partial charge on any atom is 0.0458 e. The minimum absolute atomic E-state index is 0. The van der Waals surface area contributed by atoms with Crippen LogP contribution in [0.5, 0.6) is 0 Å². The highest BCUT2D eigenvalue weighted by molar-refractivity contribution is 9.10. The molecule has 1 fully saturated rings. The summed E-state index contributed by atoms with van der Waals surface area (Å²) < 4.78 is 1.14. The molecule has 0 amide bonds. The van der Waals surface area contributed by atoms with Crippen LogP contribution in [-0.4, -0.2) is 36.1 Å². The van der Waals surface area contributed by atoms with Crippen molar-refractivity contribution < 1.29 is 0 Å². The van der Waals surface area contributed by atoms with E-state index < -0.39 is 0 Å². The molecule has 1 atom stereocenters. The van der Waals surface area contributed by atoms with Gasteiger partial charge in [0.2, 0.25) is 0 Å². The van der Waals surface area contributed by atoms with Crippen LogP contribution in [0.2, 0.25) is 0 Å². The number of fused-ring (bicyclic) bond motifs is 1. The summed E-state index contributed by atoms with van der Waals surface area (Å²) in [5, 5.41) is 4.77. The molecule has 0 saturated carbocycles. The molecule has 3 nitrogen and oxygen atoms in total. The normalized spacial score (nSPS) is 16.4. The highest BCUT2D eigenvalue weighted by Gasteiger charge is 2.23. The fourth-order valence-electron chi connectivity index (χ4n) is 3.19.